The molecule has 0 aliphatic carbocycles. The molecule has 1 aliphatic rings. The van der Waals surface area contributed by atoms with Crippen LogP contribution < -0.4 is 10.1 Å². The first-order chi connectivity index (χ1) is 16.1. The van der Waals surface area contributed by atoms with Gasteiger partial charge in [-0.3, -0.25) is 19.9 Å². The molecule has 1 fully saturated rings. The first kappa shape index (κ1) is 22.5. The number of aromatic nitrogens is 1. The number of hydrogen-bond acceptors (Lipinski definition) is 7. The molecule has 168 valence electrons. The van der Waals surface area contributed by atoms with E-state index in [-0.39, 0.29) is 16.4 Å². The van der Waals surface area contributed by atoms with Gasteiger partial charge in [0.2, 0.25) is 5.91 Å². The molecule has 0 bridgehead atoms. The van der Waals surface area contributed by atoms with Crippen LogP contribution in [0.25, 0.3) is 11.3 Å². The molecular formula is C25H23N3O4S. The van der Waals surface area contributed by atoms with E-state index < -0.39 is 0 Å². The van der Waals surface area contributed by atoms with Gasteiger partial charge in [0.15, 0.2) is 6.61 Å². The summed E-state index contributed by atoms with van der Waals surface area (Å²) in [6.07, 6.45) is 2.28. The zero-order valence-corrected chi connectivity index (χ0v) is 18.9. The zero-order valence-electron chi connectivity index (χ0n) is 18.1. The molecule has 2 aromatic carbocycles. The first-order valence-electron chi connectivity index (χ1n) is 10.5. The van der Waals surface area contributed by atoms with E-state index in [1.54, 1.807) is 6.20 Å². The number of rotatable bonds is 9. The Morgan fingerprint density at radius 2 is 1.82 bits per heavy atom. The largest absolute Gasteiger partial charge is 0.490 e. The minimum atomic E-state index is -0.370. The number of imide groups is 1. The number of oxime groups is 1. The van der Waals surface area contributed by atoms with Crippen molar-refractivity contribution in [1.29, 1.82) is 0 Å². The van der Waals surface area contributed by atoms with Crippen molar-refractivity contribution in [2.24, 2.45) is 5.16 Å². The van der Waals surface area contributed by atoms with Gasteiger partial charge < -0.3 is 9.57 Å². The molecule has 7 nitrogen and oxygen atoms in total. The van der Waals surface area contributed by atoms with E-state index in [1.807, 2.05) is 73.7 Å². The number of amides is 2. The van der Waals surface area contributed by atoms with Gasteiger partial charge in [-0.25, -0.2) is 0 Å². The molecule has 1 atom stereocenters. The minimum Gasteiger partial charge on any atom is -0.490 e. The third-order valence-corrected chi connectivity index (χ3v) is 6.00. The molecule has 2 heterocycles. The highest BCUT2D eigenvalue weighted by Gasteiger charge is 2.31. The Balaban J connectivity index is 1.20. The summed E-state index contributed by atoms with van der Waals surface area (Å²) < 4.78 is 5.68. The lowest BCUT2D eigenvalue weighted by molar-refractivity contribution is -0.118. The lowest BCUT2D eigenvalue weighted by Crippen LogP contribution is -2.25. The fourth-order valence-electron chi connectivity index (χ4n) is 3.27. The van der Waals surface area contributed by atoms with E-state index in [0.717, 1.165) is 39.9 Å². The van der Waals surface area contributed by atoms with Crippen LogP contribution in [0.5, 0.6) is 5.75 Å². The first-order valence-corrected chi connectivity index (χ1v) is 11.4. The van der Waals surface area contributed by atoms with Gasteiger partial charge in [0.05, 0.1) is 16.7 Å². The van der Waals surface area contributed by atoms with Gasteiger partial charge in [-0.1, -0.05) is 59.4 Å². The molecule has 1 aliphatic heterocycles. The average Bonchev–Trinajstić information content (AvgIpc) is 3.16. The molecule has 1 unspecified atom stereocenters. The summed E-state index contributed by atoms with van der Waals surface area (Å²) in [6, 6.07) is 21.3. The second-order valence-electron chi connectivity index (χ2n) is 7.38. The highest BCUT2D eigenvalue weighted by atomic mass is 32.2. The van der Waals surface area contributed by atoms with Crippen LogP contribution in [0.15, 0.2) is 78.1 Å². The van der Waals surface area contributed by atoms with Gasteiger partial charge in [-0.2, -0.15) is 0 Å². The summed E-state index contributed by atoms with van der Waals surface area (Å²) in [5.41, 5.74) is 4.70. The Labute approximate surface area is 196 Å². The van der Waals surface area contributed by atoms with E-state index in [9.17, 15) is 9.59 Å². The van der Waals surface area contributed by atoms with Gasteiger partial charge in [-0.05, 0) is 48.7 Å². The predicted molar refractivity (Wildman–Crippen MR) is 128 cm³/mol. The smallest absolute Gasteiger partial charge is 0.286 e. The van der Waals surface area contributed by atoms with Crippen LogP contribution in [-0.4, -0.2) is 40.3 Å². The number of carbonyl (C=O) groups excluding carboxylic acids is 2. The van der Waals surface area contributed by atoms with Gasteiger partial charge in [0.25, 0.3) is 5.24 Å². The van der Waals surface area contributed by atoms with Gasteiger partial charge >= 0.3 is 0 Å². The molecule has 0 spiro atoms. The van der Waals surface area contributed by atoms with E-state index >= 15 is 0 Å². The Kier molecular flexibility index (Phi) is 7.36. The van der Waals surface area contributed by atoms with Crippen LogP contribution in [0.3, 0.4) is 0 Å². The summed E-state index contributed by atoms with van der Waals surface area (Å²) in [7, 11) is 0. The van der Waals surface area contributed by atoms with Crippen molar-refractivity contribution in [2.75, 3.05) is 13.2 Å². The SMILES string of the molecule is C/C(=N\OCCOc1ccc(CC2SC(=O)NC2=O)cc1)c1ccc(-c2ccccn2)cc1. The lowest BCUT2D eigenvalue weighted by atomic mass is 10.1. The van der Waals surface area contributed by atoms with Crippen molar-refractivity contribution in [1.82, 2.24) is 10.3 Å². The van der Waals surface area contributed by atoms with E-state index in [1.165, 1.54) is 0 Å². The van der Waals surface area contributed by atoms with Crippen molar-refractivity contribution in [3.63, 3.8) is 0 Å². The Hall–Kier alpha value is -3.65. The third kappa shape index (κ3) is 6.20. The van der Waals surface area contributed by atoms with Crippen molar-refractivity contribution in [3.8, 4) is 17.0 Å². The second kappa shape index (κ2) is 10.8. The number of hydrogen-bond donors (Lipinski definition) is 1. The monoisotopic (exact) mass is 461 g/mol. The molecule has 1 saturated heterocycles. The van der Waals surface area contributed by atoms with Crippen molar-refractivity contribution in [2.45, 2.75) is 18.6 Å². The number of ether oxygens (including phenoxy) is 1. The molecular weight excluding hydrogens is 438 g/mol. The average molecular weight is 462 g/mol. The van der Waals surface area contributed by atoms with Crippen LogP contribution in [-0.2, 0) is 16.1 Å². The topological polar surface area (TPSA) is 89.9 Å². The summed E-state index contributed by atoms with van der Waals surface area (Å²) in [4.78, 5) is 32.7. The van der Waals surface area contributed by atoms with Crippen LogP contribution in [0.1, 0.15) is 18.1 Å². The van der Waals surface area contributed by atoms with Crippen LogP contribution in [0.2, 0.25) is 0 Å². The molecule has 4 rings (SSSR count). The maximum absolute atomic E-state index is 11.7. The second-order valence-corrected chi connectivity index (χ2v) is 8.56. The van der Waals surface area contributed by atoms with Crippen LogP contribution >= 0.6 is 11.8 Å². The molecule has 3 aromatic rings. The molecule has 2 amide bonds. The van der Waals surface area contributed by atoms with Crippen molar-refractivity contribution >= 4 is 28.6 Å². The van der Waals surface area contributed by atoms with Gasteiger partial charge in [-0.15, -0.1) is 0 Å². The maximum Gasteiger partial charge on any atom is 0.286 e. The molecule has 0 saturated carbocycles. The highest BCUT2D eigenvalue weighted by molar-refractivity contribution is 8.15. The van der Waals surface area contributed by atoms with Crippen LogP contribution in [0, 0.1) is 0 Å². The van der Waals surface area contributed by atoms with E-state index in [4.69, 9.17) is 9.57 Å². The van der Waals surface area contributed by atoms with Crippen molar-refractivity contribution in [3.05, 3.63) is 84.1 Å². The van der Waals surface area contributed by atoms with E-state index in [2.05, 4.69) is 15.5 Å². The summed E-state index contributed by atoms with van der Waals surface area (Å²) >= 11 is 1.03. The predicted octanol–water partition coefficient (Wildman–Crippen LogP) is 4.46. The fourth-order valence-corrected chi connectivity index (χ4v) is 4.13. The highest BCUT2D eigenvalue weighted by Crippen LogP contribution is 2.24. The van der Waals surface area contributed by atoms with Gasteiger partial charge in [0.1, 0.15) is 12.4 Å². The molecule has 1 aromatic heterocycles. The number of carbonyl (C=O) groups is 2. The zero-order chi connectivity index (χ0) is 23.0. The summed E-state index contributed by atoms with van der Waals surface area (Å²) in [5, 5.41) is 5.81. The number of benzene rings is 2. The summed E-state index contributed by atoms with van der Waals surface area (Å²) in [5.74, 6) is 0.468. The molecule has 0 radical (unpaired) electrons. The Bertz CT molecular complexity index is 1130. The number of thioether (sulfide) groups is 1. The quantitative estimate of drug-likeness (QED) is 0.287. The molecule has 33 heavy (non-hydrogen) atoms. The standard InChI is InChI=1S/C25H23N3O4S/c1-17(19-7-9-20(10-8-19)22-4-2-3-13-26-22)28-32-15-14-31-21-11-5-18(6-12-21)16-23-24(29)27-25(30)33-23/h2-13,23H,14-16H2,1H3,(H,27,29,30)/b28-17+. The van der Waals surface area contributed by atoms with Gasteiger partial charge in [0, 0.05) is 11.8 Å². The Morgan fingerprint density at radius 1 is 1.03 bits per heavy atom. The number of pyridine rings is 1. The van der Waals surface area contributed by atoms with Crippen molar-refractivity contribution < 1.29 is 19.2 Å². The normalized spacial score (nSPS) is 15.9. The molecule has 1 N–H and O–H groups in total. The minimum absolute atomic E-state index is 0.234. The van der Waals surface area contributed by atoms with Crippen LogP contribution in [0.4, 0.5) is 4.79 Å². The maximum atomic E-state index is 11.7. The third-order valence-electron chi connectivity index (χ3n) is 5.02. The fraction of sp³-hybridized carbons (Fsp3) is 0.200. The number of nitrogens with one attached hydrogen (secondary N) is 1. The Morgan fingerprint density at radius 3 is 2.48 bits per heavy atom. The summed E-state index contributed by atoms with van der Waals surface area (Å²) in [6.45, 7) is 2.56. The molecule has 8 heteroatoms. The van der Waals surface area contributed by atoms with E-state index in [0.29, 0.717) is 25.4 Å². The number of nitrogens with zero attached hydrogens (tertiary/aromatic N) is 2. The lowest BCUT2D eigenvalue weighted by Gasteiger charge is -2.08.